The molecular weight excluding hydrogens is 364 g/mol. The SMILES string of the molecule is Cc1c(Cl)cccc1-n1ncc2c1NC(=O)C[C@]21C(=O)Nc2ccccc21. The van der Waals surface area contributed by atoms with Gasteiger partial charge in [0.15, 0.2) is 0 Å². The van der Waals surface area contributed by atoms with E-state index in [-0.39, 0.29) is 18.2 Å². The number of fused-ring (bicyclic) bond motifs is 4. The molecule has 1 atom stereocenters. The lowest BCUT2D eigenvalue weighted by atomic mass is 9.72. The number of nitrogens with one attached hydrogen (secondary N) is 2. The van der Waals surface area contributed by atoms with Crippen LogP contribution in [0.3, 0.4) is 0 Å². The Morgan fingerprint density at radius 1 is 1.07 bits per heavy atom. The average molecular weight is 379 g/mol. The van der Waals surface area contributed by atoms with Gasteiger partial charge in [-0.05, 0) is 36.2 Å². The quantitative estimate of drug-likeness (QED) is 0.681. The molecule has 6 nitrogen and oxygen atoms in total. The van der Waals surface area contributed by atoms with Crippen molar-refractivity contribution in [2.75, 3.05) is 10.6 Å². The number of carbonyl (C=O) groups is 2. The Bertz CT molecular complexity index is 1140. The molecule has 5 rings (SSSR count). The topological polar surface area (TPSA) is 76.0 Å². The number of anilines is 2. The smallest absolute Gasteiger partial charge is 0.240 e. The van der Waals surface area contributed by atoms with Crippen molar-refractivity contribution in [2.24, 2.45) is 0 Å². The van der Waals surface area contributed by atoms with Crippen LogP contribution in [0, 0.1) is 6.92 Å². The molecular formula is C20H15ClN4O2. The first kappa shape index (κ1) is 16.1. The highest BCUT2D eigenvalue weighted by Crippen LogP contribution is 2.50. The first-order valence-corrected chi connectivity index (χ1v) is 8.95. The van der Waals surface area contributed by atoms with Crippen LogP contribution in [0.5, 0.6) is 0 Å². The van der Waals surface area contributed by atoms with Crippen LogP contribution in [0.1, 0.15) is 23.1 Å². The van der Waals surface area contributed by atoms with Gasteiger partial charge in [-0.1, -0.05) is 35.9 Å². The zero-order valence-corrected chi connectivity index (χ0v) is 15.2. The second kappa shape index (κ2) is 5.44. The summed E-state index contributed by atoms with van der Waals surface area (Å²) in [5.74, 6) is 0.0708. The van der Waals surface area contributed by atoms with Crippen LogP contribution in [0.25, 0.3) is 5.69 Å². The van der Waals surface area contributed by atoms with Crippen molar-refractivity contribution < 1.29 is 9.59 Å². The first-order valence-electron chi connectivity index (χ1n) is 8.57. The third kappa shape index (κ3) is 2.04. The van der Waals surface area contributed by atoms with E-state index < -0.39 is 5.41 Å². The van der Waals surface area contributed by atoms with Crippen LogP contribution in [0.2, 0.25) is 5.02 Å². The van der Waals surface area contributed by atoms with E-state index in [0.717, 1.165) is 22.5 Å². The van der Waals surface area contributed by atoms with Crippen LogP contribution < -0.4 is 10.6 Å². The normalized spacial score (nSPS) is 20.2. The molecule has 27 heavy (non-hydrogen) atoms. The molecule has 1 aromatic heterocycles. The maximum Gasteiger partial charge on any atom is 0.240 e. The molecule has 2 aliphatic heterocycles. The summed E-state index contributed by atoms with van der Waals surface area (Å²) < 4.78 is 1.64. The van der Waals surface area contributed by atoms with Gasteiger partial charge in [-0.2, -0.15) is 5.10 Å². The molecule has 3 aromatic rings. The molecule has 134 valence electrons. The van der Waals surface area contributed by atoms with E-state index in [9.17, 15) is 9.59 Å². The van der Waals surface area contributed by atoms with Gasteiger partial charge in [0.2, 0.25) is 11.8 Å². The Kier molecular flexibility index (Phi) is 3.24. The molecule has 0 saturated heterocycles. The lowest BCUT2D eigenvalue weighted by molar-refractivity contribution is -0.125. The Morgan fingerprint density at radius 3 is 2.74 bits per heavy atom. The number of hydrogen-bond donors (Lipinski definition) is 2. The molecule has 2 N–H and O–H groups in total. The van der Waals surface area contributed by atoms with Gasteiger partial charge in [0.1, 0.15) is 11.2 Å². The van der Waals surface area contributed by atoms with Crippen LogP contribution >= 0.6 is 11.6 Å². The zero-order chi connectivity index (χ0) is 18.8. The Hall–Kier alpha value is -3.12. The molecule has 0 unspecified atom stereocenters. The van der Waals surface area contributed by atoms with E-state index in [2.05, 4.69) is 15.7 Å². The number of halogens is 1. The maximum absolute atomic E-state index is 13.0. The number of para-hydroxylation sites is 1. The largest absolute Gasteiger partial charge is 0.325 e. The Labute approximate surface area is 160 Å². The molecule has 0 radical (unpaired) electrons. The van der Waals surface area contributed by atoms with Crippen LogP contribution in [0.15, 0.2) is 48.7 Å². The summed E-state index contributed by atoms with van der Waals surface area (Å²) >= 11 is 6.26. The van der Waals surface area contributed by atoms with Gasteiger partial charge < -0.3 is 10.6 Å². The Morgan fingerprint density at radius 2 is 1.89 bits per heavy atom. The minimum atomic E-state index is -1.07. The highest BCUT2D eigenvalue weighted by atomic mass is 35.5. The monoisotopic (exact) mass is 378 g/mol. The summed E-state index contributed by atoms with van der Waals surface area (Å²) in [6.07, 6.45) is 1.71. The number of nitrogens with zero attached hydrogens (tertiary/aromatic N) is 2. The molecule has 1 spiro atoms. The molecule has 0 aliphatic carbocycles. The van der Waals surface area contributed by atoms with Gasteiger partial charge >= 0.3 is 0 Å². The number of aromatic nitrogens is 2. The highest BCUT2D eigenvalue weighted by Gasteiger charge is 2.54. The van der Waals surface area contributed by atoms with Crippen LogP contribution in [-0.2, 0) is 15.0 Å². The number of carbonyl (C=O) groups excluding carboxylic acids is 2. The van der Waals surface area contributed by atoms with Gasteiger partial charge in [0.05, 0.1) is 11.9 Å². The van der Waals surface area contributed by atoms with E-state index in [1.165, 1.54) is 0 Å². The van der Waals surface area contributed by atoms with Crippen molar-refractivity contribution in [1.29, 1.82) is 0 Å². The molecule has 3 heterocycles. The third-order valence-corrected chi connectivity index (χ3v) is 5.81. The molecule has 0 bridgehead atoms. The fraction of sp³-hybridized carbons (Fsp3) is 0.150. The van der Waals surface area contributed by atoms with E-state index in [1.54, 1.807) is 16.9 Å². The van der Waals surface area contributed by atoms with E-state index in [1.807, 2.05) is 43.3 Å². The predicted octanol–water partition coefficient (Wildman–Crippen LogP) is 3.41. The predicted molar refractivity (Wildman–Crippen MR) is 102 cm³/mol. The van der Waals surface area contributed by atoms with E-state index >= 15 is 0 Å². The number of hydrogen-bond acceptors (Lipinski definition) is 3. The van der Waals surface area contributed by atoms with Crippen LogP contribution in [-0.4, -0.2) is 21.6 Å². The van der Waals surface area contributed by atoms with Crippen molar-refractivity contribution in [3.63, 3.8) is 0 Å². The number of amides is 2. The third-order valence-electron chi connectivity index (χ3n) is 5.40. The molecule has 0 saturated carbocycles. The van der Waals surface area contributed by atoms with Crippen molar-refractivity contribution in [1.82, 2.24) is 9.78 Å². The molecule has 2 amide bonds. The molecule has 7 heteroatoms. The standard InChI is InChI=1S/C20H15ClN4O2/c1-11-14(21)6-4-8-16(11)25-18-13(10-22-25)20(9-17(26)24-18)12-5-2-3-7-15(12)23-19(20)27/h2-8,10H,9H2,1H3,(H,23,27)(H,24,26)/t20-/m1/s1. The van der Waals surface area contributed by atoms with Gasteiger partial charge in [-0.3, -0.25) is 9.59 Å². The summed E-state index contributed by atoms with van der Waals surface area (Å²) in [4.78, 5) is 25.7. The molecule has 2 aromatic carbocycles. The minimum Gasteiger partial charge on any atom is -0.325 e. The van der Waals surface area contributed by atoms with Gasteiger partial charge in [-0.25, -0.2) is 4.68 Å². The maximum atomic E-state index is 13.0. The summed E-state index contributed by atoms with van der Waals surface area (Å²) in [6.45, 7) is 1.89. The molecule has 0 fully saturated rings. The summed E-state index contributed by atoms with van der Waals surface area (Å²) in [6, 6.07) is 13.0. The number of rotatable bonds is 1. The summed E-state index contributed by atoms with van der Waals surface area (Å²) in [5.41, 5.74) is 2.74. The molecule has 2 aliphatic rings. The fourth-order valence-corrected chi connectivity index (χ4v) is 4.23. The second-order valence-electron chi connectivity index (χ2n) is 6.83. The first-order chi connectivity index (χ1) is 13.0. The van der Waals surface area contributed by atoms with Gasteiger partial charge in [-0.15, -0.1) is 0 Å². The van der Waals surface area contributed by atoms with Crippen molar-refractivity contribution in [2.45, 2.75) is 18.8 Å². The highest BCUT2D eigenvalue weighted by molar-refractivity contribution is 6.31. The van der Waals surface area contributed by atoms with E-state index in [0.29, 0.717) is 16.4 Å². The fourth-order valence-electron chi connectivity index (χ4n) is 4.06. The van der Waals surface area contributed by atoms with Crippen molar-refractivity contribution in [3.05, 3.63) is 70.4 Å². The lowest BCUT2D eigenvalue weighted by Crippen LogP contribution is -2.43. The second-order valence-corrected chi connectivity index (χ2v) is 7.24. The minimum absolute atomic E-state index is 0.0447. The zero-order valence-electron chi connectivity index (χ0n) is 14.4. The van der Waals surface area contributed by atoms with Gasteiger partial charge in [0, 0.05) is 22.7 Å². The van der Waals surface area contributed by atoms with Crippen molar-refractivity contribution in [3.8, 4) is 5.69 Å². The summed E-state index contributed by atoms with van der Waals surface area (Å²) in [5, 5.41) is 10.9. The average Bonchev–Trinajstić information content (AvgIpc) is 3.18. The van der Waals surface area contributed by atoms with Crippen LogP contribution in [0.4, 0.5) is 11.5 Å². The Balaban J connectivity index is 1.78. The van der Waals surface area contributed by atoms with E-state index in [4.69, 9.17) is 11.6 Å². The number of benzene rings is 2. The lowest BCUT2D eigenvalue weighted by Gasteiger charge is -2.31. The summed E-state index contributed by atoms with van der Waals surface area (Å²) in [7, 11) is 0. The van der Waals surface area contributed by atoms with Gasteiger partial charge in [0.25, 0.3) is 0 Å². The van der Waals surface area contributed by atoms with Crippen molar-refractivity contribution >= 4 is 34.9 Å².